The van der Waals surface area contributed by atoms with E-state index in [4.69, 9.17) is 10.8 Å². The van der Waals surface area contributed by atoms with Gasteiger partial charge in [-0.15, -0.1) is 0 Å². The molecule has 0 aromatic carbocycles. The Bertz CT molecular complexity index is 270. The fourth-order valence-electron chi connectivity index (χ4n) is 1.70. The summed E-state index contributed by atoms with van der Waals surface area (Å²) in [5, 5.41) is 8.62. The predicted molar refractivity (Wildman–Crippen MR) is 58.9 cm³/mol. The molecule has 0 aliphatic carbocycles. The van der Waals surface area contributed by atoms with Crippen LogP contribution in [-0.2, 0) is 9.59 Å². The zero-order chi connectivity index (χ0) is 12.1. The van der Waals surface area contributed by atoms with Crippen LogP contribution in [0.15, 0.2) is 0 Å². The van der Waals surface area contributed by atoms with E-state index in [-0.39, 0.29) is 12.3 Å². The van der Waals surface area contributed by atoms with Crippen LogP contribution in [-0.4, -0.2) is 66.1 Å². The van der Waals surface area contributed by atoms with Gasteiger partial charge in [-0.25, -0.2) is 0 Å². The minimum absolute atomic E-state index is 0.112. The molecule has 1 fully saturated rings. The topological polar surface area (TPSA) is 86.9 Å². The molecule has 0 bridgehead atoms. The quantitative estimate of drug-likeness (QED) is 0.645. The summed E-state index contributed by atoms with van der Waals surface area (Å²) in [5.74, 6) is -1.29. The lowest BCUT2D eigenvalue weighted by atomic mass is 10.2. The predicted octanol–water partition coefficient (Wildman–Crippen LogP) is -1.05. The van der Waals surface area contributed by atoms with Gasteiger partial charge in [-0.3, -0.25) is 9.59 Å². The van der Waals surface area contributed by atoms with Gasteiger partial charge < -0.3 is 20.6 Å². The van der Waals surface area contributed by atoms with Crippen LogP contribution in [0.5, 0.6) is 0 Å². The van der Waals surface area contributed by atoms with Gasteiger partial charge in [0.1, 0.15) is 6.04 Å². The number of likely N-dealkylation sites (N-methyl/N-ethyl adjacent to an activating group) is 1. The van der Waals surface area contributed by atoms with E-state index in [2.05, 4.69) is 4.90 Å². The Balaban J connectivity index is 2.44. The summed E-state index contributed by atoms with van der Waals surface area (Å²) in [6, 6.07) is -1.09. The average Bonchev–Trinajstić information content (AvgIpc) is 2.42. The second kappa shape index (κ2) is 5.81. The minimum Gasteiger partial charge on any atom is -0.480 e. The highest BCUT2D eigenvalue weighted by Crippen LogP contribution is 2.04. The van der Waals surface area contributed by atoms with Crippen molar-refractivity contribution in [1.29, 1.82) is 0 Å². The number of carbonyl (C=O) groups is 2. The first-order chi connectivity index (χ1) is 7.50. The van der Waals surface area contributed by atoms with Crippen molar-refractivity contribution in [2.45, 2.75) is 18.9 Å². The summed E-state index contributed by atoms with van der Waals surface area (Å²) in [7, 11) is 2.01. The fraction of sp³-hybridized carbons (Fsp3) is 0.800. The molecule has 0 spiro atoms. The third-order valence-electron chi connectivity index (χ3n) is 2.78. The largest absolute Gasteiger partial charge is 0.480 e. The van der Waals surface area contributed by atoms with Crippen LogP contribution in [0.3, 0.4) is 0 Å². The smallest absolute Gasteiger partial charge is 0.321 e. The molecule has 6 nitrogen and oxygen atoms in total. The van der Waals surface area contributed by atoms with E-state index >= 15 is 0 Å². The summed E-state index contributed by atoms with van der Waals surface area (Å²) in [6.45, 7) is 3.14. The van der Waals surface area contributed by atoms with Gasteiger partial charge in [0.05, 0.1) is 6.42 Å². The molecule has 1 amide bonds. The molecule has 6 heteroatoms. The van der Waals surface area contributed by atoms with Crippen molar-refractivity contribution in [2.24, 2.45) is 5.73 Å². The summed E-state index contributed by atoms with van der Waals surface area (Å²) < 4.78 is 0. The van der Waals surface area contributed by atoms with Crippen molar-refractivity contribution < 1.29 is 14.7 Å². The van der Waals surface area contributed by atoms with Crippen LogP contribution in [0.25, 0.3) is 0 Å². The Morgan fingerprint density at radius 3 is 2.62 bits per heavy atom. The van der Waals surface area contributed by atoms with Crippen LogP contribution < -0.4 is 5.73 Å². The highest BCUT2D eigenvalue weighted by molar-refractivity contribution is 5.84. The van der Waals surface area contributed by atoms with Crippen LogP contribution in [0.4, 0.5) is 0 Å². The molecule has 0 aromatic rings. The third kappa shape index (κ3) is 3.79. The molecular formula is C10H19N3O3. The number of nitrogens with two attached hydrogens (primary N) is 1. The van der Waals surface area contributed by atoms with Crippen molar-refractivity contribution in [2.75, 3.05) is 33.2 Å². The van der Waals surface area contributed by atoms with Gasteiger partial charge in [-0.05, 0) is 20.0 Å². The van der Waals surface area contributed by atoms with Crippen LogP contribution in [0, 0.1) is 0 Å². The van der Waals surface area contributed by atoms with E-state index in [1.165, 1.54) is 0 Å². The molecule has 3 N–H and O–H groups in total. The summed E-state index contributed by atoms with van der Waals surface area (Å²) in [6.07, 6.45) is 0.809. The molecule has 0 unspecified atom stereocenters. The second-order valence-electron chi connectivity index (χ2n) is 4.19. The first-order valence-electron chi connectivity index (χ1n) is 5.45. The van der Waals surface area contributed by atoms with E-state index in [1.54, 1.807) is 4.90 Å². The van der Waals surface area contributed by atoms with Gasteiger partial charge >= 0.3 is 5.97 Å². The molecule has 16 heavy (non-hydrogen) atoms. The van der Waals surface area contributed by atoms with E-state index in [1.807, 2.05) is 7.05 Å². The van der Waals surface area contributed by atoms with Gasteiger partial charge in [0.2, 0.25) is 5.91 Å². The Kier molecular flexibility index (Phi) is 4.70. The van der Waals surface area contributed by atoms with Crippen molar-refractivity contribution in [3.05, 3.63) is 0 Å². The van der Waals surface area contributed by atoms with Gasteiger partial charge in [0, 0.05) is 19.6 Å². The van der Waals surface area contributed by atoms with Gasteiger partial charge in [-0.1, -0.05) is 0 Å². The maximum absolute atomic E-state index is 11.7. The van der Waals surface area contributed by atoms with Crippen molar-refractivity contribution in [3.8, 4) is 0 Å². The lowest BCUT2D eigenvalue weighted by molar-refractivity contribution is -0.142. The minimum atomic E-state index is -1.12. The van der Waals surface area contributed by atoms with E-state index < -0.39 is 12.0 Å². The maximum atomic E-state index is 11.7. The van der Waals surface area contributed by atoms with Gasteiger partial charge in [0.15, 0.2) is 0 Å². The summed E-state index contributed by atoms with van der Waals surface area (Å²) in [5.41, 5.74) is 5.33. The van der Waals surface area contributed by atoms with E-state index in [9.17, 15) is 9.59 Å². The second-order valence-corrected chi connectivity index (χ2v) is 4.19. The number of carbonyl (C=O) groups excluding carboxylic acids is 1. The van der Waals surface area contributed by atoms with Gasteiger partial charge in [0.25, 0.3) is 0 Å². The monoisotopic (exact) mass is 229 g/mol. The maximum Gasteiger partial charge on any atom is 0.321 e. The number of rotatable bonds is 3. The van der Waals surface area contributed by atoms with E-state index in [0.29, 0.717) is 13.1 Å². The molecule has 1 aliphatic heterocycles. The summed E-state index contributed by atoms with van der Waals surface area (Å²) >= 11 is 0. The van der Waals surface area contributed by atoms with Crippen molar-refractivity contribution >= 4 is 11.9 Å². The first kappa shape index (κ1) is 12.9. The molecule has 1 heterocycles. The van der Waals surface area contributed by atoms with Crippen molar-refractivity contribution in [1.82, 2.24) is 9.80 Å². The highest BCUT2D eigenvalue weighted by Gasteiger charge is 2.22. The fourth-order valence-corrected chi connectivity index (χ4v) is 1.70. The number of carboxylic acid groups (broad SMARTS) is 1. The zero-order valence-electron chi connectivity index (χ0n) is 9.56. The normalized spacial score (nSPS) is 20.2. The molecular weight excluding hydrogens is 210 g/mol. The van der Waals surface area contributed by atoms with E-state index in [0.717, 1.165) is 19.5 Å². The Hall–Kier alpha value is -1.14. The SMILES string of the molecule is CN1CCCN(C(=O)C[C@H](N)C(=O)O)CC1. The number of amides is 1. The standard InChI is InChI=1S/C10H19N3O3/c1-12-3-2-4-13(6-5-12)9(14)7-8(11)10(15)16/h8H,2-7,11H2,1H3,(H,15,16)/t8-/m0/s1. The third-order valence-corrected chi connectivity index (χ3v) is 2.78. The molecule has 1 rings (SSSR count). The Labute approximate surface area is 95.0 Å². The molecule has 1 aliphatic rings. The molecule has 1 atom stereocenters. The number of hydrogen-bond acceptors (Lipinski definition) is 4. The Morgan fingerprint density at radius 2 is 2.00 bits per heavy atom. The first-order valence-corrected chi connectivity index (χ1v) is 5.45. The molecule has 1 saturated heterocycles. The number of carboxylic acids is 1. The zero-order valence-corrected chi connectivity index (χ0v) is 9.56. The molecule has 0 radical (unpaired) electrons. The lowest BCUT2D eigenvalue weighted by Gasteiger charge is -2.21. The van der Waals surface area contributed by atoms with Gasteiger partial charge in [-0.2, -0.15) is 0 Å². The average molecular weight is 229 g/mol. The molecule has 92 valence electrons. The lowest BCUT2D eigenvalue weighted by Crippen LogP contribution is -2.40. The number of aliphatic carboxylic acids is 1. The van der Waals surface area contributed by atoms with Crippen molar-refractivity contribution in [3.63, 3.8) is 0 Å². The van der Waals surface area contributed by atoms with Crippen LogP contribution >= 0.6 is 0 Å². The summed E-state index contributed by atoms with van der Waals surface area (Å²) in [4.78, 5) is 26.1. The Morgan fingerprint density at radius 1 is 1.31 bits per heavy atom. The number of hydrogen-bond donors (Lipinski definition) is 2. The van der Waals surface area contributed by atoms with Crippen LogP contribution in [0.1, 0.15) is 12.8 Å². The molecule has 0 aromatic heterocycles. The van der Waals surface area contributed by atoms with Crippen LogP contribution in [0.2, 0.25) is 0 Å². The molecule has 0 saturated carbocycles. The number of nitrogens with zero attached hydrogens (tertiary/aromatic N) is 2. The highest BCUT2D eigenvalue weighted by atomic mass is 16.4.